The van der Waals surface area contributed by atoms with Crippen LogP contribution < -0.4 is 0 Å². The molecule has 0 saturated carbocycles. The lowest BCUT2D eigenvalue weighted by Crippen LogP contribution is -2.51. The maximum Gasteiger partial charge on any atom is 0.265 e. The van der Waals surface area contributed by atoms with Gasteiger partial charge < -0.3 is 14.7 Å². The lowest BCUT2D eigenvalue weighted by Gasteiger charge is -2.37. The second kappa shape index (κ2) is 5.35. The van der Waals surface area contributed by atoms with Crippen molar-refractivity contribution in [3.05, 3.63) is 21.3 Å². The fraction of sp³-hybridized carbons (Fsp3) is 0.545. The van der Waals surface area contributed by atoms with Gasteiger partial charge in [0.05, 0.1) is 30.4 Å². The molecule has 6 heteroatoms. The molecule has 0 bridgehead atoms. The molecule has 2 unspecified atom stereocenters. The molecule has 1 aliphatic rings. The number of carbonyl (C=O) groups is 1. The predicted octanol–water partition coefficient (Wildman–Crippen LogP) is 1.62. The highest BCUT2D eigenvalue weighted by Crippen LogP contribution is 2.25. The van der Waals surface area contributed by atoms with E-state index in [4.69, 9.17) is 21.4 Å². The van der Waals surface area contributed by atoms with E-state index in [1.165, 1.54) is 11.3 Å². The van der Waals surface area contributed by atoms with Gasteiger partial charge in [-0.1, -0.05) is 11.6 Å². The van der Waals surface area contributed by atoms with Gasteiger partial charge >= 0.3 is 0 Å². The van der Waals surface area contributed by atoms with E-state index < -0.39 is 0 Å². The van der Waals surface area contributed by atoms with E-state index in [0.29, 0.717) is 23.1 Å². The van der Waals surface area contributed by atoms with E-state index in [1.54, 1.807) is 16.3 Å². The van der Waals surface area contributed by atoms with Crippen molar-refractivity contribution in [1.29, 1.82) is 0 Å². The normalized spacial score (nSPS) is 25.0. The molecule has 1 saturated heterocycles. The summed E-state index contributed by atoms with van der Waals surface area (Å²) >= 11 is 7.29. The minimum absolute atomic E-state index is 0.00321. The Morgan fingerprint density at radius 3 is 3.12 bits per heavy atom. The third-order valence-corrected chi connectivity index (χ3v) is 4.11. The molecule has 1 aromatic heterocycles. The fourth-order valence-corrected chi connectivity index (χ4v) is 2.88. The molecule has 1 fully saturated rings. The first kappa shape index (κ1) is 12.8. The molecule has 4 nitrogen and oxygen atoms in total. The molecule has 1 aliphatic heterocycles. The average molecular weight is 276 g/mol. The van der Waals surface area contributed by atoms with Gasteiger partial charge in [0, 0.05) is 6.54 Å². The number of carbonyl (C=O) groups excluding carboxylic acids is 1. The maximum absolute atomic E-state index is 12.3. The number of halogens is 1. The van der Waals surface area contributed by atoms with E-state index >= 15 is 0 Å². The van der Waals surface area contributed by atoms with E-state index in [1.807, 2.05) is 6.92 Å². The van der Waals surface area contributed by atoms with Crippen LogP contribution in [0.3, 0.4) is 0 Å². The largest absolute Gasteiger partial charge is 0.394 e. The van der Waals surface area contributed by atoms with Crippen molar-refractivity contribution >= 4 is 28.8 Å². The molecule has 1 N–H and O–H groups in total. The minimum atomic E-state index is -0.297. The number of hydrogen-bond acceptors (Lipinski definition) is 4. The van der Waals surface area contributed by atoms with Crippen molar-refractivity contribution < 1.29 is 14.6 Å². The summed E-state index contributed by atoms with van der Waals surface area (Å²) < 4.78 is 5.39. The number of thiophene rings is 1. The number of ether oxygens (including phenoxy) is 1. The van der Waals surface area contributed by atoms with Crippen LogP contribution in [-0.2, 0) is 4.74 Å². The van der Waals surface area contributed by atoms with Gasteiger partial charge in [-0.25, -0.2) is 0 Å². The first-order valence-corrected chi connectivity index (χ1v) is 6.65. The number of aliphatic hydroxyl groups excluding tert-OH is 1. The van der Waals surface area contributed by atoms with Crippen LogP contribution in [-0.4, -0.2) is 47.8 Å². The van der Waals surface area contributed by atoms with Crippen molar-refractivity contribution in [2.24, 2.45) is 0 Å². The maximum atomic E-state index is 12.3. The Morgan fingerprint density at radius 2 is 2.53 bits per heavy atom. The first-order valence-electron chi connectivity index (χ1n) is 5.40. The van der Waals surface area contributed by atoms with Gasteiger partial charge in [0.2, 0.25) is 0 Å². The Morgan fingerprint density at radius 1 is 1.76 bits per heavy atom. The van der Waals surface area contributed by atoms with Gasteiger partial charge in [-0.2, -0.15) is 0 Å². The molecule has 2 atom stereocenters. The molecular weight excluding hydrogens is 262 g/mol. The zero-order valence-corrected chi connectivity index (χ0v) is 11.0. The SMILES string of the molecule is CC1COC(CO)CN1C(=O)c1sccc1Cl. The fourth-order valence-electron chi connectivity index (χ4n) is 1.79. The molecule has 0 aromatic carbocycles. The van der Waals surface area contributed by atoms with Crippen LogP contribution in [0.4, 0.5) is 0 Å². The first-order chi connectivity index (χ1) is 8.13. The predicted molar refractivity (Wildman–Crippen MR) is 66.7 cm³/mol. The Kier molecular flexibility index (Phi) is 4.04. The quantitative estimate of drug-likeness (QED) is 0.892. The number of nitrogens with zero attached hydrogens (tertiary/aromatic N) is 1. The lowest BCUT2D eigenvalue weighted by molar-refractivity contribution is -0.0666. The molecular formula is C11H14ClNO3S. The van der Waals surface area contributed by atoms with Gasteiger partial charge in [0.15, 0.2) is 0 Å². The number of aliphatic hydroxyl groups is 1. The summed E-state index contributed by atoms with van der Waals surface area (Å²) in [7, 11) is 0. The molecule has 0 radical (unpaired) electrons. The zero-order chi connectivity index (χ0) is 12.4. The highest BCUT2D eigenvalue weighted by Gasteiger charge is 2.31. The number of amides is 1. The van der Waals surface area contributed by atoms with Crippen LogP contribution in [0.15, 0.2) is 11.4 Å². The minimum Gasteiger partial charge on any atom is -0.394 e. The van der Waals surface area contributed by atoms with E-state index in [-0.39, 0.29) is 24.7 Å². The Balaban J connectivity index is 2.15. The van der Waals surface area contributed by atoms with Crippen molar-refractivity contribution in [3.8, 4) is 0 Å². The van der Waals surface area contributed by atoms with Crippen LogP contribution >= 0.6 is 22.9 Å². The van der Waals surface area contributed by atoms with E-state index in [2.05, 4.69) is 0 Å². The lowest BCUT2D eigenvalue weighted by atomic mass is 10.2. The number of morpholine rings is 1. The molecule has 2 heterocycles. The zero-order valence-electron chi connectivity index (χ0n) is 9.43. The molecule has 0 aliphatic carbocycles. The van der Waals surface area contributed by atoms with E-state index in [0.717, 1.165) is 0 Å². The summed E-state index contributed by atoms with van der Waals surface area (Å²) in [6, 6.07) is 1.72. The van der Waals surface area contributed by atoms with Crippen molar-refractivity contribution in [1.82, 2.24) is 4.90 Å². The van der Waals surface area contributed by atoms with Crippen LogP contribution in [0.2, 0.25) is 5.02 Å². The van der Waals surface area contributed by atoms with Crippen LogP contribution in [0.5, 0.6) is 0 Å². The highest BCUT2D eigenvalue weighted by molar-refractivity contribution is 7.12. The van der Waals surface area contributed by atoms with Crippen molar-refractivity contribution in [2.75, 3.05) is 19.8 Å². The standard InChI is InChI=1S/C11H14ClNO3S/c1-7-6-16-8(5-14)4-13(7)11(15)10-9(12)2-3-17-10/h2-3,7-8,14H,4-6H2,1H3. The van der Waals surface area contributed by atoms with Crippen LogP contribution in [0, 0.1) is 0 Å². The third-order valence-electron chi connectivity index (χ3n) is 2.78. The van der Waals surface area contributed by atoms with Gasteiger partial charge in [-0.15, -0.1) is 11.3 Å². The molecule has 94 valence electrons. The summed E-state index contributed by atoms with van der Waals surface area (Å²) in [5.74, 6) is -0.0840. The smallest absolute Gasteiger partial charge is 0.265 e. The Bertz CT molecular complexity index is 409. The Labute approximate surface area is 109 Å². The summed E-state index contributed by atoms with van der Waals surface area (Å²) in [6.07, 6.45) is -0.297. The number of hydrogen-bond donors (Lipinski definition) is 1. The Hall–Kier alpha value is -0.620. The summed E-state index contributed by atoms with van der Waals surface area (Å²) in [5, 5.41) is 11.4. The average Bonchev–Trinajstić information content (AvgIpc) is 2.75. The summed E-state index contributed by atoms with van der Waals surface area (Å²) in [4.78, 5) is 14.5. The molecule has 1 amide bonds. The second-order valence-electron chi connectivity index (χ2n) is 4.04. The van der Waals surface area contributed by atoms with Gasteiger partial charge in [0.25, 0.3) is 5.91 Å². The van der Waals surface area contributed by atoms with Gasteiger partial charge in [-0.05, 0) is 18.4 Å². The highest BCUT2D eigenvalue weighted by atomic mass is 35.5. The van der Waals surface area contributed by atoms with Crippen molar-refractivity contribution in [2.45, 2.75) is 19.1 Å². The summed E-state index contributed by atoms with van der Waals surface area (Å²) in [6.45, 7) is 2.70. The molecule has 0 spiro atoms. The van der Waals surface area contributed by atoms with Crippen LogP contribution in [0.25, 0.3) is 0 Å². The topological polar surface area (TPSA) is 49.8 Å². The third kappa shape index (κ3) is 2.63. The van der Waals surface area contributed by atoms with Gasteiger partial charge in [0.1, 0.15) is 4.88 Å². The second-order valence-corrected chi connectivity index (χ2v) is 5.37. The molecule has 17 heavy (non-hydrogen) atoms. The van der Waals surface area contributed by atoms with E-state index in [9.17, 15) is 4.79 Å². The van der Waals surface area contributed by atoms with Gasteiger partial charge in [-0.3, -0.25) is 4.79 Å². The molecule has 2 rings (SSSR count). The monoisotopic (exact) mass is 275 g/mol. The van der Waals surface area contributed by atoms with Crippen LogP contribution in [0.1, 0.15) is 16.6 Å². The van der Waals surface area contributed by atoms with Crippen molar-refractivity contribution in [3.63, 3.8) is 0 Å². The molecule has 1 aromatic rings. The summed E-state index contributed by atoms with van der Waals surface area (Å²) in [5.41, 5.74) is 0. The number of rotatable bonds is 2.